The molecule has 1 saturated heterocycles. The zero-order valence-corrected chi connectivity index (χ0v) is 16.3. The molecule has 1 aliphatic rings. The summed E-state index contributed by atoms with van der Waals surface area (Å²) in [4.78, 5) is 27.2. The topological polar surface area (TPSA) is 79.9 Å². The fraction of sp³-hybridized carbons (Fsp3) is 0.333. The molecule has 0 aliphatic carbocycles. The van der Waals surface area contributed by atoms with Crippen LogP contribution in [0.4, 0.5) is 16.2 Å². The van der Waals surface area contributed by atoms with Gasteiger partial charge in [0, 0.05) is 6.54 Å². The summed E-state index contributed by atoms with van der Waals surface area (Å²) in [7, 11) is 3.11. The number of methoxy groups -OCH3 is 2. The Morgan fingerprint density at radius 2 is 1.71 bits per heavy atom. The average molecular weight is 383 g/mol. The highest BCUT2D eigenvalue weighted by Crippen LogP contribution is 2.28. The number of nitrogens with one attached hydrogen (secondary N) is 2. The lowest BCUT2D eigenvalue weighted by Gasteiger charge is -2.25. The van der Waals surface area contributed by atoms with E-state index in [1.807, 2.05) is 37.3 Å². The second kappa shape index (κ2) is 8.65. The minimum absolute atomic E-state index is 0.225. The molecule has 1 unspecified atom stereocenters. The second-order valence-corrected chi connectivity index (χ2v) is 6.67. The van der Waals surface area contributed by atoms with Crippen molar-refractivity contribution in [3.8, 4) is 11.5 Å². The highest BCUT2D eigenvalue weighted by atomic mass is 16.5. The van der Waals surface area contributed by atoms with Gasteiger partial charge in [-0.25, -0.2) is 4.79 Å². The number of urea groups is 1. The monoisotopic (exact) mass is 383 g/mol. The van der Waals surface area contributed by atoms with Gasteiger partial charge in [0.2, 0.25) is 5.91 Å². The molecular weight excluding hydrogens is 358 g/mol. The first-order valence-electron chi connectivity index (χ1n) is 9.19. The number of amides is 3. The van der Waals surface area contributed by atoms with Crippen LogP contribution in [0.25, 0.3) is 0 Å². The molecule has 2 N–H and O–H groups in total. The van der Waals surface area contributed by atoms with Gasteiger partial charge in [-0.15, -0.1) is 0 Å². The standard InChI is InChI=1S/C21H25N3O4/c1-14-10-11-19(28-3)16(13-14)22-20(25)17-8-6-12-24(17)21(26)23-15-7-4-5-9-18(15)27-2/h4-5,7,9-11,13,17H,6,8,12H2,1-3H3,(H,22,25)(H,23,26). The second-order valence-electron chi connectivity index (χ2n) is 6.67. The van der Waals surface area contributed by atoms with Gasteiger partial charge in [-0.3, -0.25) is 4.79 Å². The summed E-state index contributed by atoms with van der Waals surface area (Å²) in [5.41, 5.74) is 2.18. The number of benzene rings is 2. The van der Waals surface area contributed by atoms with Crippen molar-refractivity contribution in [1.29, 1.82) is 0 Å². The lowest BCUT2D eigenvalue weighted by molar-refractivity contribution is -0.119. The van der Waals surface area contributed by atoms with Crippen LogP contribution in [0.3, 0.4) is 0 Å². The molecule has 3 amide bonds. The SMILES string of the molecule is COc1ccc(C)cc1NC(=O)C1CCCN1C(=O)Nc1ccccc1OC. The predicted molar refractivity (Wildman–Crippen MR) is 108 cm³/mol. The molecule has 2 aromatic carbocycles. The normalized spacial score (nSPS) is 15.8. The van der Waals surface area contributed by atoms with E-state index < -0.39 is 6.04 Å². The predicted octanol–water partition coefficient (Wildman–Crippen LogP) is 3.65. The van der Waals surface area contributed by atoms with Gasteiger partial charge < -0.3 is 25.0 Å². The van der Waals surface area contributed by atoms with Gasteiger partial charge in [0.1, 0.15) is 17.5 Å². The van der Waals surface area contributed by atoms with Crippen molar-refractivity contribution in [3.63, 3.8) is 0 Å². The third-order valence-electron chi connectivity index (χ3n) is 4.78. The number of hydrogen-bond donors (Lipinski definition) is 2. The molecule has 28 heavy (non-hydrogen) atoms. The van der Waals surface area contributed by atoms with Gasteiger partial charge >= 0.3 is 6.03 Å². The van der Waals surface area contributed by atoms with E-state index in [4.69, 9.17) is 9.47 Å². The maximum Gasteiger partial charge on any atom is 0.322 e. The van der Waals surface area contributed by atoms with Gasteiger partial charge in [0.25, 0.3) is 0 Å². The molecular formula is C21H25N3O4. The molecule has 2 aromatic rings. The van der Waals surface area contributed by atoms with E-state index in [0.717, 1.165) is 12.0 Å². The van der Waals surface area contributed by atoms with Gasteiger partial charge in [0.05, 0.1) is 25.6 Å². The van der Waals surface area contributed by atoms with Crippen LogP contribution in [-0.2, 0) is 4.79 Å². The summed E-state index contributed by atoms with van der Waals surface area (Å²) in [6.45, 7) is 2.46. The first-order valence-corrected chi connectivity index (χ1v) is 9.19. The first kappa shape index (κ1) is 19.5. The molecule has 1 aliphatic heterocycles. The molecule has 7 nitrogen and oxygen atoms in total. The Bertz CT molecular complexity index is 868. The summed E-state index contributed by atoms with van der Waals surface area (Å²) < 4.78 is 10.6. The van der Waals surface area contributed by atoms with Crippen LogP contribution in [0.1, 0.15) is 18.4 Å². The minimum atomic E-state index is -0.542. The van der Waals surface area contributed by atoms with Crippen molar-refractivity contribution < 1.29 is 19.1 Å². The number of nitrogens with zero attached hydrogens (tertiary/aromatic N) is 1. The Hall–Kier alpha value is -3.22. The molecule has 0 saturated carbocycles. The van der Waals surface area contributed by atoms with E-state index in [-0.39, 0.29) is 11.9 Å². The van der Waals surface area contributed by atoms with Crippen LogP contribution < -0.4 is 20.1 Å². The first-order chi connectivity index (χ1) is 13.5. The van der Waals surface area contributed by atoms with Gasteiger partial charge in [-0.2, -0.15) is 0 Å². The average Bonchev–Trinajstić information content (AvgIpc) is 3.19. The van der Waals surface area contributed by atoms with Crippen LogP contribution >= 0.6 is 0 Å². The third-order valence-corrected chi connectivity index (χ3v) is 4.78. The third kappa shape index (κ3) is 4.19. The Labute approximate surface area is 164 Å². The van der Waals surface area contributed by atoms with E-state index in [9.17, 15) is 9.59 Å². The number of hydrogen-bond acceptors (Lipinski definition) is 4. The number of carbonyl (C=O) groups excluding carboxylic acids is 2. The van der Waals surface area contributed by atoms with Crippen molar-refractivity contribution >= 4 is 23.3 Å². The molecule has 0 bridgehead atoms. The van der Waals surface area contributed by atoms with Crippen LogP contribution in [-0.4, -0.2) is 43.6 Å². The lowest BCUT2D eigenvalue weighted by atomic mass is 10.1. The fourth-order valence-electron chi connectivity index (χ4n) is 3.35. The van der Waals surface area contributed by atoms with Crippen molar-refractivity contribution in [2.75, 3.05) is 31.4 Å². The minimum Gasteiger partial charge on any atom is -0.495 e. The van der Waals surface area contributed by atoms with Crippen LogP contribution in [0, 0.1) is 6.92 Å². The summed E-state index contributed by atoms with van der Waals surface area (Å²) in [5, 5.41) is 5.75. The molecule has 1 atom stereocenters. The Morgan fingerprint density at radius 3 is 2.46 bits per heavy atom. The molecule has 148 valence electrons. The van der Waals surface area contributed by atoms with E-state index in [1.54, 1.807) is 31.3 Å². The van der Waals surface area contributed by atoms with E-state index in [0.29, 0.717) is 35.8 Å². The zero-order chi connectivity index (χ0) is 20.1. The number of likely N-dealkylation sites (tertiary alicyclic amines) is 1. The molecule has 0 aromatic heterocycles. The van der Waals surface area contributed by atoms with Gasteiger partial charge in [0.15, 0.2) is 0 Å². The van der Waals surface area contributed by atoms with Crippen LogP contribution in [0.2, 0.25) is 0 Å². The molecule has 3 rings (SSSR count). The smallest absolute Gasteiger partial charge is 0.322 e. The fourth-order valence-corrected chi connectivity index (χ4v) is 3.35. The number of ether oxygens (including phenoxy) is 2. The number of para-hydroxylation sites is 2. The summed E-state index contributed by atoms with van der Waals surface area (Å²) in [6.07, 6.45) is 1.38. The van der Waals surface area contributed by atoms with Crippen molar-refractivity contribution in [2.24, 2.45) is 0 Å². The summed E-state index contributed by atoms with van der Waals surface area (Å²) >= 11 is 0. The maximum absolute atomic E-state index is 12.9. The maximum atomic E-state index is 12.9. The number of rotatable bonds is 5. The molecule has 1 fully saturated rings. The highest BCUT2D eigenvalue weighted by Gasteiger charge is 2.34. The largest absolute Gasteiger partial charge is 0.495 e. The number of aryl methyl sites for hydroxylation is 1. The van der Waals surface area contributed by atoms with Crippen molar-refractivity contribution in [1.82, 2.24) is 4.90 Å². The Kier molecular flexibility index (Phi) is 6.03. The summed E-state index contributed by atoms with van der Waals surface area (Å²) in [6, 6.07) is 11.9. The van der Waals surface area contributed by atoms with Gasteiger partial charge in [-0.1, -0.05) is 18.2 Å². The van der Waals surface area contributed by atoms with Crippen LogP contribution in [0.5, 0.6) is 11.5 Å². The zero-order valence-electron chi connectivity index (χ0n) is 16.3. The molecule has 7 heteroatoms. The van der Waals surface area contributed by atoms with Crippen LogP contribution in [0.15, 0.2) is 42.5 Å². The summed E-state index contributed by atoms with van der Waals surface area (Å²) in [5.74, 6) is 0.930. The lowest BCUT2D eigenvalue weighted by Crippen LogP contribution is -2.45. The van der Waals surface area contributed by atoms with Crippen molar-refractivity contribution in [2.45, 2.75) is 25.8 Å². The van der Waals surface area contributed by atoms with Crippen molar-refractivity contribution in [3.05, 3.63) is 48.0 Å². The molecule has 1 heterocycles. The van der Waals surface area contributed by atoms with E-state index >= 15 is 0 Å². The molecule has 0 spiro atoms. The van der Waals surface area contributed by atoms with E-state index in [2.05, 4.69) is 10.6 Å². The highest BCUT2D eigenvalue weighted by molar-refractivity contribution is 6.00. The number of anilines is 2. The quantitative estimate of drug-likeness (QED) is 0.826. The Morgan fingerprint density at radius 1 is 1.00 bits per heavy atom. The Balaban J connectivity index is 1.72. The molecule has 0 radical (unpaired) electrons. The van der Waals surface area contributed by atoms with E-state index in [1.165, 1.54) is 0 Å². The van der Waals surface area contributed by atoms with Gasteiger partial charge in [-0.05, 0) is 49.6 Å². The number of carbonyl (C=O) groups is 2.